The maximum atomic E-state index is 12.1. The molecule has 0 bridgehead atoms. The summed E-state index contributed by atoms with van der Waals surface area (Å²) in [7, 11) is 0. The van der Waals surface area contributed by atoms with E-state index in [2.05, 4.69) is 43.4 Å². The molecule has 0 fully saturated rings. The van der Waals surface area contributed by atoms with Crippen LogP contribution in [-0.2, 0) is 24.2 Å². The Morgan fingerprint density at radius 2 is 1.57 bits per heavy atom. The first-order valence-electron chi connectivity index (χ1n) is 8.58. The van der Waals surface area contributed by atoms with Crippen LogP contribution in [0.2, 0.25) is 0 Å². The summed E-state index contributed by atoms with van der Waals surface area (Å²) < 4.78 is 1.91. The number of nitrogens with zero attached hydrogens (tertiary/aromatic N) is 1. The topological polar surface area (TPSA) is 33.0 Å². The van der Waals surface area contributed by atoms with Crippen LogP contribution in [0.5, 0.6) is 0 Å². The Labute approximate surface area is 139 Å². The zero-order valence-electron chi connectivity index (χ0n) is 14.2. The first-order chi connectivity index (χ1) is 11.2. The Kier molecular flexibility index (Phi) is 6.79. The number of benzene rings is 1. The van der Waals surface area contributed by atoms with Crippen molar-refractivity contribution in [2.45, 2.75) is 52.5 Å². The zero-order chi connectivity index (χ0) is 16.5. The number of pyridine rings is 1. The second-order valence-corrected chi connectivity index (χ2v) is 5.98. The molecule has 0 spiro atoms. The van der Waals surface area contributed by atoms with Gasteiger partial charge < -0.3 is 5.32 Å². The molecular weight excluding hydrogens is 284 g/mol. The van der Waals surface area contributed by atoms with E-state index in [-0.39, 0.29) is 5.91 Å². The van der Waals surface area contributed by atoms with Gasteiger partial charge in [-0.1, -0.05) is 38.8 Å². The number of carbonyl (C=O) groups is 1. The van der Waals surface area contributed by atoms with Gasteiger partial charge in [-0.15, -0.1) is 0 Å². The molecule has 1 N–H and O–H groups in total. The highest BCUT2D eigenvalue weighted by molar-refractivity contribution is 5.89. The molecule has 1 aromatic carbocycles. The van der Waals surface area contributed by atoms with Crippen LogP contribution < -0.4 is 9.88 Å². The molecule has 1 heterocycles. The van der Waals surface area contributed by atoms with Crippen molar-refractivity contribution < 1.29 is 9.36 Å². The number of aromatic nitrogens is 1. The number of hydrogen-bond acceptors (Lipinski definition) is 1. The molecular formula is C20H27N2O+. The van der Waals surface area contributed by atoms with Crippen LogP contribution in [0.4, 0.5) is 5.69 Å². The van der Waals surface area contributed by atoms with E-state index in [4.69, 9.17) is 0 Å². The Morgan fingerprint density at radius 1 is 0.913 bits per heavy atom. The van der Waals surface area contributed by atoms with E-state index in [1.54, 1.807) is 0 Å². The van der Waals surface area contributed by atoms with Gasteiger partial charge in [0.1, 0.15) is 0 Å². The average Bonchev–Trinajstić information content (AvgIpc) is 2.56. The van der Waals surface area contributed by atoms with E-state index < -0.39 is 0 Å². The molecule has 1 amide bonds. The summed E-state index contributed by atoms with van der Waals surface area (Å²) in [4.78, 5) is 12.1. The van der Waals surface area contributed by atoms with Crippen LogP contribution in [0.3, 0.4) is 0 Å². The highest BCUT2D eigenvalue weighted by Gasteiger charge is 2.09. The monoisotopic (exact) mass is 311 g/mol. The fraction of sp³-hybridized carbons (Fsp3) is 0.400. The van der Waals surface area contributed by atoms with Crippen molar-refractivity contribution in [3.63, 3.8) is 0 Å². The molecule has 0 aliphatic heterocycles. The van der Waals surface area contributed by atoms with Crippen molar-refractivity contribution in [1.82, 2.24) is 0 Å². The van der Waals surface area contributed by atoms with Crippen LogP contribution in [0.1, 0.15) is 44.2 Å². The van der Waals surface area contributed by atoms with Crippen LogP contribution in [0.25, 0.3) is 0 Å². The lowest BCUT2D eigenvalue weighted by Crippen LogP contribution is -2.39. The smallest absolute Gasteiger partial charge is 0.290 e. The third-order valence-electron chi connectivity index (χ3n) is 3.88. The summed E-state index contributed by atoms with van der Waals surface area (Å²) >= 11 is 0. The number of carbonyl (C=O) groups excluding carboxylic acids is 1. The number of rotatable bonds is 8. The Morgan fingerprint density at radius 3 is 2.17 bits per heavy atom. The van der Waals surface area contributed by atoms with Crippen molar-refractivity contribution in [2.24, 2.45) is 0 Å². The minimum Gasteiger partial charge on any atom is -0.321 e. The number of aryl methyl sites for hydroxylation is 2. The van der Waals surface area contributed by atoms with Crippen LogP contribution >= 0.6 is 0 Å². The fourth-order valence-electron chi connectivity index (χ4n) is 2.55. The van der Waals surface area contributed by atoms with Crippen molar-refractivity contribution in [2.75, 3.05) is 5.32 Å². The molecule has 0 aliphatic rings. The molecule has 3 heteroatoms. The lowest BCUT2D eigenvalue weighted by Gasteiger charge is -2.05. The van der Waals surface area contributed by atoms with Gasteiger partial charge in [0.15, 0.2) is 12.4 Å². The lowest BCUT2D eigenvalue weighted by atomic mass is 10.1. The molecule has 0 saturated heterocycles. The van der Waals surface area contributed by atoms with Gasteiger partial charge in [0, 0.05) is 17.8 Å². The number of nitrogens with one attached hydrogen (secondary N) is 1. The predicted octanol–water partition coefficient (Wildman–Crippen LogP) is 3.91. The minimum absolute atomic E-state index is 0.000417. The number of unbranched alkanes of at least 4 members (excludes halogenated alkanes) is 1. The van der Waals surface area contributed by atoms with E-state index in [1.807, 2.05) is 29.1 Å². The molecule has 23 heavy (non-hydrogen) atoms. The molecule has 0 saturated carbocycles. The van der Waals surface area contributed by atoms with Crippen LogP contribution in [0.15, 0.2) is 48.8 Å². The van der Waals surface area contributed by atoms with Gasteiger partial charge in [-0.25, -0.2) is 0 Å². The normalized spacial score (nSPS) is 10.5. The number of anilines is 1. The Hall–Kier alpha value is -2.16. The van der Waals surface area contributed by atoms with Gasteiger partial charge in [-0.05, 0) is 42.5 Å². The standard InChI is InChI=1S/C20H26N2O/c1-3-5-7-18-8-10-19(11-9-18)21-20(23)16-22-14-12-17(6-4-2)13-15-22/h8-15H,3-7,16H2,1-2H3/p+1. The van der Waals surface area contributed by atoms with E-state index >= 15 is 0 Å². The van der Waals surface area contributed by atoms with Gasteiger partial charge >= 0.3 is 0 Å². The molecule has 0 radical (unpaired) electrons. The SMILES string of the molecule is CCCCc1ccc(NC(=O)C[n+]2ccc(CCC)cc2)cc1. The Bertz CT molecular complexity index is 603. The predicted molar refractivity (Wildman–Crippen MR) is 94.3 cm³/mol. The lowest BCUT2D eigenvalue weighted by molar-refractivity contribution is -0.684. The fourth-order valence-corrected chi connectivity index (χ4v) is 2.55. The molecule has 2 rings (SSSR count). The third-order valence-corrected chi connectivity index (χ3v) is 3.88. The van der Waals surface area contributed by atoms with Crippen LogP contribution in [-0.4, -0.2) is 5.91 Å². The Balaban J connectivity index is 1.86. The number of amides is 1. The van der Waals surface area contributed by atoms with E-state index in [0.29, 0.717) is 6.54 Å². The largest absolute Gasteiger partial charge is 0.321 e. The van der Waals surface area contributed by atoms with Crippen molar-refractivity contribution in [3.8, 4) is 0 Å². The van der Waals surface area contributed by atoms with Crippen LogP contribution in [0, 0.1) is 0 Å². The van der Waals surface area contributed by atoms with Crippen molar-refractivity contribution >= 4 is 11.6 Å². The van der Waals surface area contributed by atoms with Crippen molar-refractivity contribution in [1.29, 1.82) is 0 Å². The second-order valence-electron chi connectivity index (χ2n) is 5.98. The van der Waals surface area contributed by atoms with Gasteiger partial charge in [0.2, 0.25) is 6.54 Å². The summed E-state index contributed by atoms with van der Waals surface area (Å²) in [5.74, 6) is -0.000417. The van der Waals surface area contributed by atoms with Crippen molar-refractivity contribution in [3.05, 3.63) is 59.9 Å². The van der Waals surface area contributed by atoms with E-state index in [9.17, 15) is 4.79 Å². The maximum absolute atomic E-state index is 12.1. The molecule has 0 unspecified atom stereocenters. The maximum Gasteiger partial charge on any atom is 0.290 e. The average molecular weight is 311 g/mol. The molecule has 0 atom stereocenters. The summed E-state index contributed by atoms with van der Waals surface area (Å²) in [5, 5.41) is 2.95. The highest BCUT2D eigenvalue weighted by Crippen LogP contribution is 2.11. The highest BCUT2D eigenvalue weighted by atomic mass is 16.1. The first kappa shape index (κ1) is 17.2. The first-order valence-corrected chi connectivity index (χ1v) is 8.58. The molecule has 1 aromatic heterocycles. The molecule has 3 nitrogen and oxygen atoms in total. The van der Waals surface area contributed by atoms with E-state index in [0.717, 1.165) is 24.9 Å². The summed E-state index contributed by atoms with van der Waals surface area (Å²) in [6.07, 6.45) is 9.67. The third kappa shape index (κ3) is 5.85. The number of hydrogen-bond donors (Lipinski definition) is 1. The van der Waals surface area contributed by atoms with Gasteiger partial charge in [0.05, 0.1) is 0 Å². The van der Waals surface area contributed by atoms with Gasteiger partial charge in [0.25, 0.3) is 5.91 Å². The minimum atomic E-state index is -0.000417. The molecule has 2 aromatic rings. The van der Waals surface area contributed by atoms with Gasteiger partial charge in [-0.2, -0.15) is 4.57 Å². The second kappa shape index (κ2) is 9.09. The summed E-state index contributed by atoms with van der Waals surface area (Å²) in [6, 6.07) is 12.3. The van der Waals surface area contributed by atoms with Gasteiger partial charge in [-0.3, -0.25) is 4.79 Å². The quantitative estimate of drug-likeness (QED) is 0.737. The zero-order valence-corrected chi connectivity index (χ0v) is 14.2. The van der Waals surface area contributed by atoms with E-state index in [1.165, 1.54) is 24.0 Å². The molecule has 122 valence electrons. The molecule has 0 aliphatic carbocycles. The summed E-state index contributed by atoms with van der Waals surface area (Å²) in [5.41, 5.74) is 3.50. The summed E-state index contributed by atoms with van der Waals surface area (Å²) in [6.45, 7) is 4.70.